The van der Waals surface area contributed by atoms with Crippen molar-refractivity contribution in [3.63, 3.8) is 0 Å². The van der Waals surface area contributed by atoms with Gasteiger partial charge >= 0.3 is 0 Å². The van der Waals surface area contributed by atoms with Gasteiger partial charge in [-0.3, -0.25) is 0 Å². The third-order valence-corrected chi connectivity index (χ3v) is 6.82. The van der Waals surface area contributed by atoms with Crippen LogP contribution in [0.15, 0.2) is 72.8 Å². The van der Waals surface area contributed by atoms with Gasteiger partial charge in [-0.25, -0.2) is 4.39 Å². The van der Waals surface area contributed by atoms with Gasteiger partial charge in [-0.1, -0.05) is 67.6 Å². The number of halogens is 1. The SMILES string of the molecule is CCOc1ccc(C2CCC(c3ccc(C[C@@H](C)c4ccccc4)cc3)CC2)cc1F. The summed E-state index contributed by atoms with van der Waals surface area (Å²) in [7, 11) is 0. The quantitative estimate of drug-likeness (QED) is 0.379. The van der Waals surface area contributed by atoms with Gasteiger partial charge in [0.2, 0.25) is 0 Å². The summed E-state index contributed by atoms with van der Waals surface area (Å²) in [5, 5.41) is 0. The van der Waals surface area contributed by atoms with Crippen LogP contribution in [-0.2, 0) is 6.42 Å². The largest absolute Gasteiger partial charge is 0.491 e. The standard InChI is InChI=1S/C29H33FO/c1-3-31-29-18-17-27(20-28(29)30)26-15-13-25(14-16-26)24-11-9-22(10-12-24)19-21(2)23-7-5-4-6-8-23/h4-12,17-18,20-21,25-26H,3,13-16,19H2,1-2H3/t21-,25?,26?/m1/s1. The average Bonchev–Trinajstić information content (AvgIpc) is 2.82. The number of ether oxygens (including phenoxy) is 1. The molecular weight excluding hydrogens is 383 g/mol. The lowest BCUT2D eigenvalue weighted by molar-refractivity contribution is 0.320. The Morgan fingerprint density at radius 1 is 0.839 bits per heavy atom. The molecule has 0 amide bonds. The van der Waals surface area contributed by atoms with Crippen LogP contribution in [0.5, 0.6) is 5.75 Å². The van der Waals surface area contributed by atoms with Crippen LogP contribution in [0.25, 0.3) is 0 Å². The van der Waals surface area contributed by atoms with E-state index in [-0.39, 0.29) is 5.82 Å². The highest BCUT2D eigenvalue weighted by molar-refractivity contribution is 5.33. The van der Waals surface area contributed by atoms with Crippen LogP contribution in [0.1, 0.15) is 79.5 Å². The topological polar surface area (TPSA) is 9.23 Å². The molecule has 3 aromatic rings. The maximum atomic E-state index is 14.2. The van der Waals surface area contributed by atoms with Crippen LogP contribution in [-0.4, -0.2) is 6.61 Å². The second-order valence-corrected chi connectivity index (χ2v) is 8.93. The first kappa shape index (κ1) is 21.6. The third-order valence-electron chi connectivity index (χ3n) is 6.82. The molecule has 1 nitrogen and oxygen atoms in total. The summed E-state index contributed by atoms with van der Waals surface area (Å²) in [4.78, 5) is 0. The van der Waals surface area contributed by atoms with E-state index in [4.69, 9.17) is 4.74 Å². The van der Waals surface area contributed by atoms with E-state index in [9.17, 15) is 4.39 Å². The zero-order chi connectivity index (χ0) is 21.6. The van der Waals surface area contributed by atoms with Crippen LogP contribution >= 0.6 is 0 Å². The van der Waals surface area contributed by atoms with Gasteiger partial charge in [0.05, 0.1) is 6.61 Å². The first-order valence-electron chi connectivity index (χ1n) is 11.7. The molecule has 1 aliphatic carbocycles. The first-order valence-corrected chi connectivity index (χ1v) is 11.7. The minimum absolute atomic E-state index is 0.234. The molecule has 31 heavy (non-hydrogen) atoms. The second-order valence-electron chi connectivity index (χ2n) is 8.93. The van der Waals surface area contributed by atoms with Crippen LogP contribution in [0.4, 0.5) is 4.39 Å². The predicted molar refractivity (Wildman–Crippen MR) is 127 cm³/mol. The molecule has 0 heterocycles. The fraction of sp³-hybridized carbons (Fsp3) is 0.379. The molecule has 0 aliphatic heterocycles. The number of rotatable bonds is 7. The van der Waals surface area contributed by atoms with Gasteiger partial charge in [-0.05, 0) is 91.2 Å². The van der Waals surface area contributed by atoms with Gasteiger partial charge in [0, 0.05) is 0 Å². The molecule has 4 rings (SSSR count). The molecule has 1 atom stereocenters. The molecule has 1 aliphatic rings. The molecule has 0 radical (unpaired) electrons. The number of hydrogen-bond acceptors (Lipinski definition) is 1. The Kier molecular flexibility index (Phi) is 7.06. The fourth-order valence-corrected chi connectivity index (χ4v) is 4.98. The van der Waals surface area contributed by atoms with Crippen LogP contribution in [0.2, 0.25) is 0 Å². The molecule has 0 bridgehead atoms. The van der Waals surface area contributed by atoms with E-state index in [1.807, 2.05) is 13.0 Å². The Balaban J connectivity index is 1.33. The Hall–Kier alpha value is -2.61. The van der Waals surface area contributed by atoms with Crippen molar-refractivity contribution in [2.24, 2.45) is 0 Å². The Bertz CT molecular complexity index is 956. The highest BCUT2D eigenvalue weighted by Gasteiger charge is 2.24. The molecule has 162 valence electrons. The van der Waals surface area contributed by atoms with E-state index in [2.05, 4.69) is 61.5 Å². The van der Waals surface area contributed by atoms with Gasteiger partial charge in [0.15, 0.2) is 11.6 Å². The summed E-state index contributed by atoms with van der Waals surface area (Å²) >= 11 is 0. The Morgan fingerprint density at radius 2 is 1.45 bits per heavy atom. The van der Waals surface area contributed by atoms with Crippen molar-refractivity contribution in [1.29, 1.82) is 0 Å². The lowest BCUT2D eigenvalue weighted by atomic mass is 9.76. The summed E-state index contributed by atoms with van der Waals surface area (Å²) in [5.74, 6) is 1.72. The Labute approximate surface area is 186 Å². The van der Waals surface area contributed by atoms with Crippen molar-refractivity contribution in [3.05, 3.63) is 101 Å². The maximum Gasteiger partial charge on any atom is 0.165 e. The van der Waals surface area contributed by atoms with Gasteiger partial charge in [0.1, 0.15) is 0 Å². The van der Waals surface area contributed by atoms with E-state index in [1.54, 1.807) is 12.1 Å². The maximum absolute atomic E-state index is 14.2. The predicted octanol–water partition coefficient (Wildman–Crippen LogP) is 8.01. The van der Waals surface area contributed by atoms with E-state index < -0.39 is 0 Å². The van der Waals surface area contributed by atoms with E-state index in [1.165, 1.54) is 29.5 Å². The molecule has 1 fully saturated rings. The van der Waals surface area contributed by atoms with Crippen molar-refractivity contribution < 1.29 is 9.13 Å². The van der Waals surface area contributed by atoms with Crippen molar-refractivity contribution in [2.75, 3.05) is 6.61 Å². The van der Waals surface area contributed by atoms with Crippen LogP contribution < -0.4 is 4.74 Å². The average molecular weight is 417 g/mol. The normalized spacial score (nSPS) is 19.7. The van der Waals surface area contributed by atoms with Crippen molar-refractivity contribution in [2.45, 2.75) is 63.7 Å². The third kappa shape index (κ3) is 5.36. The van der Waals surface area contributed by atoms with E-state index in [0.717, 1.165) is 24.8 Å². The molecule has 0 unspecified atom stereocenters. The van der Waals surface area contributed by atoms with Crippen LogP contribution in [0.3, 0.4) is 0 Å². The lowest BCUT2D eigenvalue weighted by Gasteiger charge is -2.29. The molecule has 0 spiro atoms. The zero-order valence-corrected chi connectivity index (χ0v) is 18.7. The first-order chi connectivity index (χ1) is 15.1. The minimum atomic E-state index is -0.234. The molecule has 1 saturated carbocycles. The van der Waals surface area contributed by atoms with Crippen molar-refractivity contribution in [3.8, 4) is 5.75 Å². The van der Waals surface area contributed by atoms with E-state index in [0.29, 0.717) is 30.1 Å². The molecule has 0 N–H and O–H groups in total. The van der Waals surface area contributed by atoms with Crippen molar-refractivity contribution in [1.82, 2.24) is 0 Å². The molecule has 3 aromatic carbocycles. The lowest BCUT2D eigenvalue weighted by Crippen LogP contribution is -2.12. The van der Waals surface area contributed by atoms with Gasteiger partial charge in [-0.15, -0.1) is 0 Å². The second kappa shape index (κ2) is 10.1. The summed E-state index contributed by atoms with van der Waals surface area (Å²) < 4.78 is 19.6. The summed E-state index contributed by atoms with van der Waals surface area (Å²) in [5.41, 5.74) is 5.37. The summed E-state index contributed by atoms with van der Waals surface area (Å²) in [6.07, 6.45) is 5.63. The van der Waals surface area contributed by atoms with Crippen molar-refractivity contribution >= 4 is 0 Å². The molecule has 0 aromatic heterocycles. The van der Waals surface area contributed by atoms with E-state index >= 15 is 0 Å². The minimum Gasteiger partial charge on any atom is -0.491 e. The van der Waals surface area contributed by atoms with Crippen LogP contribution in [0, 0.1) is 5.82 Å². The highest BCUT2D eigenvalue weighted by Crippen LogP contribution is 2.41. The fourth-order valence-electron chi connectivity index (χ4n) is 4.98. The molecular formula is C29H33FO. The monoisotopic (exact) mass is 416 g/mol. The smallest absolute Gasteiger partial charge is 0.165 e. The Morgan fingerprint density at radius 3 is 2.06 bits per heavy atom. The number of benzene rings is 3. The number of hydrogen-bond donors (Lipinski definition) is 0. The summed E-state index contributed by atoms with van der Waals surface area (Å²) in [6, 6.07) is 25.5. The van der Waals surface area contributed by atoms with Gasteiger partial charge in [0.25, 0.3) is 0 Å². The molecule has 0 saturated heterocycles. The zero-order valence-electron chi connectivity index (χ0n) is 18.7. The molecule has 2 heteroatoms. The van der Waals surface area contributed by atoms with Gasteiger partial charge in [-0.2, -0.15) is 0 Å². The highest BCUT2D eigenvalue weighted by atomic mass is 19.1. The summed E-state index contributed by atoms with van der Waals surface area (Å²) in [6.45, 7) is 4.67. The van der Waals surface area contributed by atoms with Gasteiger partial charge < -0.3 is 4.74 Å².